The van der Waals surface area contributed by atoms with Crippen LogP contribution in [0.1, 0.15) is 58.7 Å². The Kier molecular flexibility index (Phi) is 9.68. The molecule has 2 atom stereocenters. The highest BCUT2D eigenvalue weighted by Crippen LogP contribution is 2.25. The molecule has 0 aromatic heterocycles. The summed E-state index contributed by atoms with van der Waals surface area (Å²) in [4.78, 5) is 41.0. The average molecular weight is 484 g/mol. The highest BCUT2D eigenvalue weighted by atomic mass is 16.6. The number of phenols is 1. The van der Waals surface area contributed by atoms with Gasteiger partial charge in [0.15, 0.2) is 0 Å². The second-order valence-electron chi connectivity index (χ2n) is 9.69. The zero-order chi connectivity index (χ0) is 26.2. The number of carbonyl (C=O) groups excluding carboxylic acids is 3. The minimum Gasteiger partial charge on any atom is -0.508 e. The first-order chi connectivity index (χ1) is 16.4. The molecule has 3 N–H and O–H groups in total. The van der Waals surface area contributed by atoms with Gasteiger partial charge < -0.3 is 25.4 Å². The van der Waals surface area contributed by atoms with Crippen LogP contribution >= 0.6 is 0 Å². The quantitative estimate of drug-likeness (QED) is 0.497. The maximum absolute atomic E-state index is 13.7. The standard InChI is InChI=1S/C27H37N3O5/c1-7-30(25(33)22(18(2)3)29-26(34)35-27(4,5)6)23(20-13-15-21(31)16-14-20)24(32)28-17-19-11-9-8-10-12-19/h8-16,18,22-23,31H,7,17H2,1-6H3,(H,28,32)(H,29,34). The number of aromatic hydroxyl groups is 1. The van der Waals surface area contributed by atoms with Gasteiger partial charge in [-0.15, -0.1) is 0 Å². The van der Waals surface area contributed by atoms with E-state index in [1.807, 2.05) is 44.2 Å². The predicted molar refractivity (Wildman–Crippen MR) is 135 cm³/mol. The van der Waals surface area contributed by atoms with E-state index in [1.165, 1.54) is 17.0 Å². The summed E-state index contributed by atoms with van der Waals surface area (Å²) in [5.41, 5.74) is 0.750. The van der Waals surface area contributed by atoms with Crippen molar-refractivity contribution in [2.75, 3.05) is 6.54 Å². The fourth-order valence-electron chi connectivity index (χ4n) is 3.60. The zero-order valence-electron chi connectivity index (χ0n) is 21.4. The Morgan fingerprint density at radius 3 is 2.11 bits per heavy atom. The van der Waals surface area contributed by atoms with Crippen molar-refractivity contribution in [2.45, 2.75) is 65.8 Å². The molecule has 0 bridgehead atoms. The van der Waals surface area contributed by atoms with Gasteiger partial charge in [0.05, 0.1) is 0 Å². The van der Waals surface area contributed by atoms with E-state index in [2.05, 4.69) is 10.6 Å². The van der Waals surface area contributed by atoms with Crippen LogP contribution in [0.5, 0.6) is 5.75 Å². The van der Waals surface area contributed by atoms with Crippen molar-refractivity contribution in [1.82, 2.24) is 15.5 Å². The molecule has 0 radical (unpaired) electrons. The maximum atomic E-state index is 13.7. The third-order valence-corrected chi connectivity index (χ3v) is 5.31. The van der Waals surface area contributed by atoms with E-state index in [4.69, 9.17) is 4.74 Å². The number of alkyl carbamates (subject to hydrolysis) is 1. The summed E-state index contributed by atoms with van der Waals surface area (Å²) >= 11 is 0. The highest BCUT2D eigenvalue weighted by Gasteiger charge is 2.36. The van der Waals surface area contributed by atoms with E-state index in [0.717, 1.165) is 5.56 Å². The number of ether oxygens (including phenoxy) is 1. The topological polar surface area (TPSA) is 108 Å². The maximum Gasteiger partial charge on any atom is 0.408 e. The molecule has 2 aromatic carbocycles. The van der Waals surface area contributed by atoms with E-state index in [0.29, 0.717) is 12.1 Å². The first kappa shape index (κ1) is 27.7. The van der Waals surface area contributed by atoms with Crippen LogP contribution in [0.15, 0.2) is 54.6 Å². The number of hydrogen-bond donors (Lipinski definition) is 3. The van der Waals surface area contributed by atoms with Crippen LogP contribution in [0.25, 0.3) is 0 Å². The summed E-state index contributed by atoms with van der Waals surface area (Å²) in [5.74, 6) is -0.967. The van der Waals surface area contributed by atoms with Gasteiger partial charge in [0.25, 0.3) is 0 Å². The van der Waals surface area contributed by atoms with E-state index >= 15 is 0 Å². The molecule has 35 heavy (non-hydrogen) atoms. The SMILES string of the molecule is CCN(C(=O)C(NC(=O)OC(C)(C)C)C(C)C)C(C(=O)NCc1ccccc1)c1ccc(O)cc1. The van der Waals surface area contributed by atoms with Crippen molar-refractivity contribution in [2.24, 2.45) is 5.92 Å². The number of phenolic OH excluding ortho intramolecular Hbond substituents is 1. The van der Waals surface area contributed by atoms with Crippen molar-refractivity contribution in [3.63, 3.8) is 0 Å². The lowest BCUT2D eigenvalue weighted by molar-refractivity contribution is -0.143. The molecule has 190 valence electrons. The molecule has 8 nitrogen and oxygen atoms in total. The molecule has 0 aliphatic carbocycles. The van der Waals surface area contributed by atoms with Gasteiger partial charge in [-0.1, -0.05) is 56.3 Å². The molecule has 0 saturated carbocycles. The van der Waals surface area contributed by atoms with Crippen molar-refractivity contribution in [3.05, 3.63) is 65.7 Å². The third-order valence-electron chi connectivity index (χ3n) is 5.31. The second kappa shape index (κ2) is 12.2. The van der Waals surface area contributed by atoms with Crippen LogP contribution in [0.4, 0.5) is 4.79 Å². The number of nitrogens with zero attached hydrogens (tertiary/aromatic N) is 1. The lowest BCUT2D eigenvalue weighted by Gasteiger charge is -2.35. The smallest absolute Gasteiger partial charge is 0.408 e. The fourth-order valence-corrected chi connectivity index (χ4v) is 3.60. The van der Waals surface area contributed by atoms with Gasteiger partial charge in [-0.25, -0.2) is 4.79 Å². The fraction of sp³-hybridized carbons (Fsp3) is 0.444. The molecule has 0 heterocycles. The minimum atomic E-state index is -0.960. The van der Waals surface area contributed by atoms with Crippen LogP contribution in [0, 0.1) is 5.92 Å². The predicted octanol–water partition coefficient (Wildman–Crippen LogP) is 4.15. The summed E-state index contributed by atoms with van der Waals surface area (Å²) in [6.07, 6.45) is -0.699. The average Bonchev–Trinajstić information content (AvgIpc) is 2.79. The Bertz CT molecular complexity index is 984. The van der Waals surface area contributed by atoms with Gasteiger partial charge in [0.2, 0.25) is 11.8 Å². The lowest BCUT2D eigenvalue weighted by atomic mass is 9.99. The molecule has 2 rings (SSSR count). The van der Waals surface area contributed by atoms with Crippen LogP contribution in [0.2, 0.25) is 0 Å². The monoisotopic (exact) mass is 483 g/mol. The summed E-state index contributed by atoms with van der Waals surface area (Å²) in [7, 11) is 0. The number of nitrogens with one attached hydrogen (secondary N) is 2. The van der Waals surface area contributed by atoms with E-state index < -0.39 is 29.7 Å². The summed E-state index contributed by atoms with van der Waals surface area (Å²) < 4.78 is 5.35. The third kappa shape index (κ3) is 8.31. The Morgan fingerprint density at radius 2 is 1.60 bits per heavy atom. The number of likely N-dealkylation sites (N-methyl/N-ethyl adjacent to an activating group) is 1. The number of hydrogen-bond acceptors (Lipinski definition) is 5. The van der Waals surface area contributed by atoms with Crippen LogP contribution in [-0.4, -0.2) is 46.1 Å². The van der Waals surface area contributed by atoms with Crippen molar-refractivity contribution in [1.29, 1.82) is 0 Å². The zero-order valence-corrected chi connectivity index (χ0v) is 21.4. The molecule has 0 saturated heterocycles. The van der Waals surface area contributed by atoms with Crippen molar-refractivity contribution >= 4 is 17.9 Å². The molecular formula is C27H37N3O5. The van der Waals surface area contributed by atoms with Crippen LogP contribution in [-0.2, 0) is 20.9 Å². The highest BCUT2D eigenvalue weighted by molar-refractivity contribution is 5.92. The molecule has 2 aromatic rings. The number of carbonyl (C=O) groups is 3. The Morgan fingerprint density at radius 1 is 1.00 bits per heavy atom. The minimum absolute atomic E-state index is 0.0539. The summed E-state index contributed by atoms with van der Waals surface area (Å²) in [6.45, 7) is 11.2. The number of rotatable bonds is 9. The Balaban J connectivity index is 2.34. The Labute approximate surface area is 207 Å². The van der Waals surface area contributed by atoms with Gasteiger partial charge in [0.1, 0.15) is 23.4 Å². The molecule has 3 amide bonds. The molecule has 2 unspecified atom stereocenters. The van der Waals surface area contributed by atoms with Crippen LogP contribution in [0.3, 0.4) is 0 Å². The summed E-state index contributed by atoms with van der Waals surface area (Å²) in [5, 5.41) is 15.3. The molecule has 8 heteroatoms. The first-order valence-corrected chi connectivity index (χ1v) is 11.8. The second-order valence-corrected chi connectivity index (χ2v) is 9.69. The first-order valence-electron chi connectivity index (χ1n) is 11.8. The number of benzene rings is 2. The largest absolute Gasteiger partial charge is 0.508 e. The van der Waals surface area contributed by atoms with E-state index in [9.17, 15) is 19.5 Å². The molecule has 0 aliphatic heterocycles. The Hall–Kier alpha value is -3.55. The van der Waals surface area contributed by atoms with Gasteiger partial charge in [-0.05, 0) is 56.9 Å². The lowest BCUT2D eigenvalue weighted by Crippen LogP contribution is -2.54. The van der Waals surface area contributed by atoms with Gasteiger partial charge in [-0.2, -0.15) is 0 Å². The van der Waals surface area contributed by atoms with Crippen molar-refractivity contribution in [3.8, 4) is 5.75 Å². The van der Waals surface area contributed by atoms with E-state index in [-0.39, 0.29) is 24.1 Å². The van der Waals surface area contributed by atoms with Gasteiger partial charge in [0, 0.05) is 13.1 Å². The normalized spacial score (nSPS) is 13.0. The molecule has 0 aliphatic rings. The molecule has 0 spiro atoms. The van der Waals surface area contributed by atoms with Crippen molar-refractivity contribution < 1.29 is 24.2 Å². The van der Waals surface area contributed by atoms with Gasteiger partial charge in [-0.3, -0.25) is 9.59 Å². The van der Waals surface area contributed by atoms with Gasteiger partial charge >= 0.3 is 6.09 Å². The number of amides is 3. The van der Waals surface area contributed by atoms with Crippen LogP contribution < -0.4 is 10.6 Å². The molecule has 0 fully saturated rings. The summed E-state index contributed by atoms with van der Waals surface area (Å²) in [6, 6.07) is 13.8. The molecular weight excluding hydrogens is 446 g/mol. The van der Waals surface area contributed by atoms with E-state index in [1.54, 1.807) is 39.8 Å².